The van der Waals surface area contributed by atoms with E-state index in [1.54, 1.807) is 6.92 Å². The molecule has 0 aliphatic rings. The quantitative estimate of drug-likeness (QED) is 0.709. The van der Waals surface area contributed by atoms with Gasteiger partial charge >= 0.3 is 0 Å². The molecule has 0 amide bonds. The van der Waals surface area contributed by atoms with Gasteiger partial charge in [-0.3, -0.25) is 0 Å². The standard InChI is InChI=1S/C8H9FN2O2/c1-2-10-6-4-8(12)7(11-13)3-5(6)9/h3-4,10,12H,2H2,1H3. The lowest BCUT2D eigenvalue weighted by Crippen LogP contribution is -1.98. The summed E-state index contributed by atoms with van der Waals surface area (Å²) in [5.74, 6) is -0.929. The number of phenols is 1. The second-order valence-corrected chi connectivity index (χ2v) is 2.44. The summed E-state index contributed by atoms with van der Waals surface area (Å²) < 4.78 is 13.0. The second-order valence-electron chi connectivity index (χ2n) is 2.44. The summed E-state index contributed by atoms with van der Waals surface area (Å²) in [7, 11) is 0. The maximum Gasteiger partial charge on any atom is 0.152 e. The van der Waals surface area contributed by atoms with Crippen molar-refractivity contribution in [3.05, 3.63) is 22.9 Å². The average molecular weight is 184 g/mol. The van der Waals surface area contributed by atoms with Crippen LogP contribution in [0.2, 0.25) is 0 Å². The highest BCUT2D eigenvalue weighted by Gasteiger charge is 2.08. The molecule has 0 spiro atoms. The number of hydrogen-bond acceptors (Lipinski definition) is 4. The van der Waals surface area contributed by atoms with E-state index in [2.05, 4.69) is 10.5 Å². The van der Waals surface area contributed by atoms with Gasteiger partial charge in [-0.1, -0.05) is 0 Å². The molecular weight excluding hydrogens is 175 g/mol. The molecule has 1 rings (SSSR count). The number of nitroso groups, excluding NO2 is 1. The van der Waals surface area contributed by atoms with E-state index in [0.717, 1.165) is 12.1 Å². The first-order valence-electron chi connectivity index (χ1n) is 3.78. The Morgan fingerprint density at radius 3 is 2.85 bits per heavy atom. The Labute approximate surface area is 74.4 Å². The van der Waals surface area contributed by atoms with Crippen molar-refractivity contribution in [3.8, 4) is 5.75 Å². The number of anilines is 1. The molecule has 4 nitrogen and oxygen atoms in total. The summed E-state index contributed by atoms with van der Waals surface area (Å²) in [6.45, 7) is 2.33. The van der Waals surface area contributed by atoms with E-state index in [1.165, 1.54) is 0 Å². The minimum Gasteiger partial charge on any atom is -0.505 e. The molecule has 0 heterocycles. The van der Waals surface area contributed by atoms with Crippen LogP contribution in [0.4, 0.5) is 15.8 Å². The van der Waals surface area contributed by atoms with Gasteiger partial charge in [-0.05, 0) is 12.1 Å². The van der Waals surface area contributed by atoms with Gasteiger partial charge in [0.2, 0.25) is 0 Å². The highest BCUT2D eigenvalue weighted by molar-refractivity contribution is 5.60. The molecule has 5 heteroatoms. The fourth-order valence-corrected chi connectivity index (χ4v) is 0.950. The van der Waals surface area contributed by atoms with Crippen LogP contribution in [0.25, 0.3) is 0 Å². The Bertz CT molecular complexity index is 328. The molecule has 0 unspecified atom stereocenters. The maximum atomic E-state index is 13.0. The van der Waals surface area contributed by atoms with Crippen LogP contribution in [0.1, 0.15) is 6.92 Å². The summed E-state index contributed by atoms with van der Waals surface area (Å²) >= 11 is 0. The summed E-state index contributed by atoms with van der Waals surface area (Å²) in [5, 5.41) is 14.3. The molecule has 0 aromatic heterocycles. The first-order chi connectivity index (χ1) is 6.19. The van der Waals surface area contributed by atoms with Gasteiger partial charge in [-0.25, -0.2) is 4.39 Å². The SMILES string of the molecule is CCNc1cc(O)c(N=O)cc1F. The van der Waals surface area contributed by atoms with Gasteiger partial charge in [0.25, 0.3) is 0 Å². The van der Waals surface area contributed by atoms with Gasteiger partial charge in [0, 0.05) is 18.7 Å². The van der Waals surface area contributed by atoms with Gasteiger partial charge in [0.05, 0.1) is 5.69 Å². The number of nitrogens with one attached hydrogen (secondary N) is 1. The van der Waals surface area contributed by atoms with E-state index in [-0.39, 0.29) is 17.1 Å². The zero-order chi connectivity index (χ0) is 9.84. The molecule has 0 radical (unpaired) electrons. The molecule has 13 heavy (non-hydrogen) atoms. The molecule has 1 aromatic carbocycles. The summed E-state index contributed by atoms with van der Waals surface area (Å²) in [5.41, 5.74) is -0.133. The van der Waals surface area contributed by atoms with Crippen LogP contribution in [0, 0.1) is 10.7 Å². The summed E-state index contributed by atoms with van der Waals surface area (Å²) in [4.78, 5) is 10.1. The third-order valence-corrected chi connectivity index (χ3v) is 1.53. The molecule has 0 saturated carbocycles. The molecular formula is C8H9FN2O2. The predicted molar refractivity (Wildman–Crippen MR) is 47.7 cm³/mol. The Morgan fingerprint density at radius 1 is 1.62 bits per heavy atom. The van der Waals surface area contributed by atoms with Crippen molar-refractivity contribution < 1.29 is 9.50 Å². The van der Waals surface area contributed by atoms with Crippen molar-refractivity contribution >= 4 is 11.4 Å². The predicted octanol–water partition coefficient (Wildman–Crippen LogP) is 2.36. The van der Waals surface area contributed by atoms with Crippen molar-refractivity contribution in [2.45, 2.75) is 6.92 Å². The first-order valence-corrected chi connectivity index (χ1v) is 3.78. The van der Waals surface area contributed by atoms with Crippen molar-refractivity contribution in [2.24, 2.45) is 5.18 Å². The van der Waals surface area contributed by atoms with Gasteiger partial charge in [0.15, 0.2) is 5.69 Å². The molecule has 0 fully saturated rings. The number of halogens is 1. The Kier molecular flexibility index (Phi) is 2.79. The van der Waals surface area contributed by atoms with Crippen molar-refractivity contribution in [2.75, 3.05) is 11.9 Å². The van der Waals surface area contributed by atoms with Crippen molar-refractivity contribution in [1.29, 1.82) is 0 Å². The fraction of sp³-hybridized carbons (Fsp3) is 0.250. The van der Waals surface area contributed by atoms with E-state index in [4.69, 9.17) is 5.11 Å². The van der Waals surface area contributed by atoms with Gasteiger partial charge in [-0.2, -0.15) is 0 Å². The Morgan fingerprint density at radius 2 is 2.31 bits per heavy atom. The molecule has 0 aliphatic carbocycles. The van der Waals surface area contributed by atoms with Crippen LogP contribution in [-0.2, 0) is 0 Å². The lowest BCUT2D eigenvalue weighted by Gasteiger charge is -2.05. The van der Waals surface area contributed by atoms with Crippen molar-refractivity contribution in [1.82, 2.24) is 0 Å². The minimum absolute atomic E-state index is 0.160. The monoisotopic (exact) mass is 184 g/mol. The molecule has 0 saturated heterocycles. The minimum atomic E-state index is -0.603. The first kappa shape index (κ1) is 9.44. The largest absolute Gasteiger partial charge is 0.505 e. The van der Waals surface area contributed by atoms with Gasteiger partial charge in [-0.15, -0.1) is 4.91 Å². The molecule has 1 aromatic rings. The highest BCUT2D eigenvalue weighted by Crippen LogP contribution is 2.31. The van der Waals surface area contributed by atoms with E-state index in [1.807, 2.05) is 0 Å². The smallest absolute Gasteiger partial charge is 0.152 e. The summed E-state index contributed by atoms with van der Waals surface area (Å²) in [6, 6.07) is 2.02. The third-order valence-electron chi connectivity index (χ3n) is 1.53. The highest BCUT2D eigenvalue weighted by atomic mass is 19.1. The van der Waals surface area contributed by atoms with E-state index in [0.29, 0.717) is 6.54 Å². The van der Waals surface area contributed by atoms with Crippen LogP contribution in [0.15, 0.2) is 17.3 Å². The Balaban J connectivity index is 3.12. The molecule has 0 aliphatic heterocycles. The van der Waals surface area contributed by atoms with Crippen LogP contribution in [0.5, 0.6) is 5.75 Å². The molecule has 70 valence electrons. The fourth-order valence-electron chi connectivity index (χ4n) is 0.950. The zero-order valence-electron chi connectivity index (χ0n) is 7.04. The van der Waals surface area contributed by atoms with E-state index < -0.39 is 5.82 Å². The topological polar surface area (TPSA) is 61.7 Å². The lowest BCUT2D eigenvalue weighted by atomic mass is 10.2. The van der Waals surface area contributed by atoms with E-state index >= 15 is 0 Å². The number of phenolic OH excluding ortho intramolecular Hbond substituents is 1. The average Bonchev–Trinajstić information content (AvgIpc) is 2.11. The summed E-state index contributed by atoms with van der Waals surface area (Å²) in [6.07, 6.45) is 0. The van der Waals surface area contributed by atoms with Crippen LogP contribution >= 0.6 is 0 Å². The second kappa shape index (κ2) is 3.84. The molecule has 2 N–H and O–H groups in total. The third kappa shape index (κ3) is 1.93. The van der Waals surface area contributed by atoms with Crippen LogP contribution in [-0.4, -0.2) is 11.7 Å². The Hall–Kier alpha value is -1.65. The number of benzene rings is 1. The maximum absolute atomic E-state index is 13.0. The van der Waals surface area contributed by atoms with Crippen LogP contribution < -0.4 is 5.32 Å². The molecule has 0 bridgehead atoms. The number of rotatable bonds is 3. The molecule has 0 atom stereocenters. The lowest BCUT2D eigenvalue weighted by molar-refractivity contribution is 0.475. The normalized spacial score (nSPS) is 9.69. The number of hydrogen-bond donors (Lipinski definition) is 2. The number of aromatic hydroxyl groups is 1. The van der Waals surface area contributed by atoms with E-state index in [9.17, 15) is 9.30 Å². The van der Waals surface area contributed by atoms with Crippen LogP contribution in [0.3, 0.4) is 0 Å². The zero-order valence-corrected chi connectivity index (χ0v) is 7.04. The van der Waals surface area contributed by atoms with Crippen molar-refractivity contribution in [3.63, 3.8) is 0 Å². The van der Waals surface area contributed by atoms with Gasteiger partial charge < -0.3 is 10.4 Å². The van der Waals surface area contributed by atoms with Gasteiger partial charge in [0.1, 0.15) is 11.6 Å². The number of nitrogens with zero attached hydrogens (tertiary/aromatic N) is 1.